The smallest absolute Gasteiger partial charge is 0.319 e. The number of allylic oxidation sites excluding steroid dienone is 1. The number of nitrogens with two attached hydrogens (primary N) is 1. The summed E-state index contributed by atoms with van der Waals surface area (Å²) in [5.41, 5.74) is 5.02. The average molecular weight is 124 g/mol. The Labute approximate surface area is 51.1 Å². The van der Waals surface area contributed by atoms with E-state index in [0.717, 1.165) is 0 Å². The van der Waals surface area contributed by atoms with E-state index in [1.807, 2.05) is 0 Å². The van der Waals surface area contributed by atoms with Crippen LogP contribution in [0.5, 0.6) is 0 Å². The van der Waals surface area contributed by atoms with Crippen LogP contribution >= 0.6 is 0 Å². The first-order chi connectivity index (χ1) is 4.22. The van der Waals surface area contributed by atoms with Gasteiger partial charge in [0, 0.05) is 6.21 Å². The molecule has 9 heavy (non-hydrogen) atoms. The van der Waals surface area contributed by atoms with Crippen LogP contribution in [0.3, 0.4) is 0 Å². The highest BCUT2D eigenvalue weighted by Gasteiger charge is 2.16. The summed E-state index contributed by atoms with van der Waals surface area (Å²) in [6, 6.07) is 0. The second-order valence-corrected chi connectivity index (χ2v) is 1.53. The van der Waals surface area contributed by atoms with Crippen LogP contribution in [-0.4, -0.2) is 17.9 Å². The standard InChI is InChI=1S/C5H4N2O2/c6-3-1-2-7-5(9)4(3)8/h1-2H,6H2. The number of nitrogens with zero attached hydrogens (tertiary/aromatic N) is 1. The number of hydrogen-bond donors (Lipinski definition) is 1. The van der Waals surface area contributed by atoms with Crippen molar-refractivity contribution in [1.82, 2.24) is 0 Å². The van der Waals surface area contributed by atoms with E-state index in [9.17, 15) is 9.59 Å². The lowest BCUT2D eigenvalue weighted by Gasteiger charge is -1.96. The highest BCUT2D eigenvalue weighted by atomic mass is 16.2. The van der Waals surface area contributed by atoms with Gasteiger partial charge in [-0.3, -0.25) is 9.59 Å². The lowest BCUT2D eigenvalue weighted by Crippen LogP contribution is -2.22. The van der Waals surface area contributed by atoms with Crippen LogP contribution in [-0.2, 0) is 9.59 Å². The van der Waals surface area contributed by atoms with Gasteiger partial charge in [-0.25, -0.2) is 4.99 Å². The Morgan fingerprint density at radius 2 is 2.11 bits per heavy atom. The summed E-state index contributed by atoms with van der Waals surface area (Å²) in [5, 5.41) is 0. The van der Waals surface area contributed by atoms with Crippen LogP contribution in [0, 0.1) is 0 Å². The molecule has 0 spiro atoms. The van der Waals surface area contributed by atoms with Crippen LogP contribution in [0.4, 0.5) is 0 Å². The molecule has 0 saturated heterocycles. The summed E-state index contributed by atoms with van der Waals surface area (Å²) in [7, 11) is 0. The van der Waals surface area contributed by atoms with Crippen molar-refractivity contribution in [3.63, 3.8) is 0 Å². The van der Waals surface area contributed by atoms with Gasteiger partial charge in [-0.1, -0.05) is 0 Å². The first kappa shape index (κ1) is 5.68. The molecule has 1 heterocycles. The van der Waals surface area contributed by atoms with Crippen molar-refractivity contribution in [1.29, 1.82) is 0 Å². The van der Waals surface area contributed by atoms with Crippen molar-refractivity contribution >= 4 is 17.9 Å². The summed E-state index contributed by atoms with van der Waals surface area (Å²) in [6.45, 7) is 0. The highest BCUT2D eigenvalue weighted by molar-refractivity contribution is 6.45. The largest absolute Gasteiger partial charge is 0.395 e. The van der Waals surface area contributed by atoms with Gasteiger partial charge >= 0.3 is 5.91 Å². The molecular formula is C5H4N2O2. The van der Waals surface area contributed by atoms with Gasteiger partial charge in [0.05, 0.1) is 5.70 Å². The minimum atomic E-state index is -0.796. The third-order valence-electron chi connectivity index (χ3n) is 0.902. The van der Waals surface area contributed by atoms with Gasteiger partial charge in [-0.2, -0.15) is 0 Å². The molecule has 0 saturated carbocycles. The van der Waals surface area contributed by atoms with E-state index in [0.29, 0.717) is 0 Å². The van der Waals surface area contributed by atoms with E-state index in [4.69, 9.17) is 5.73 Å². The maximum atomic E-state index is 10.5. The molecule has 1 amide bonds. The van der Waals surface area contributed by atoms with Crippen LogP contribution in [0.25, 0.3) is 0 Å². The number of carbonyl (C=O) groups excluding carboxylic acids is 2. The molecule has 0 aromatic rings. The van der Waals surface area contributed by atoms with Gasteiger partial charge in [0.1, 0.15) is 0 Å². The van der Waals surface area contributed by atoms with E-state index in [-0.39, 0.29) is 5.70 Å². The van der Waals surface area contributed by atoms with Crippen LogP contribution in [0.1, 0.15) is 0 Å². The molecule has 4 nitrogen and oxygen atoms in total. The van der Waals surface area contributed by atoms with E-state index < -0.39 is 11.7 Å². The number of aliphatic imine (C=N–C) groups is 1. The molecule has 0 aliphatic carbocycles. The minimum absolute atomic E-state index is 0.0463. The summed E-state index contributed by atoms with van der Waals surface area (Å²) in [6.07, 6.45) is 2.50. The fourth-order valence-electron chi connectivity index (χ4n) is 0.443. The van der Waals surface area contributed by atoms with E-state index in [1.165, 1.54) is 12.3 Å². The SMILES string of the molecule is NC1=CC=NC(=O)C1=O. The Kier molecular flexibility index (Phi) is 1.14. The van der Waals surface area contributed by atoms with E-state index >= 15 is 0 Å². The Morgan fingerprint density at radius 1 is 1.44 bits per heavy atom. The number of carbonyl (C=O) groups is 2. The molecule has 0 aromatic heterocycles. The summed E-state index contributed by atoms with van der Waals surface area (Å²) < 4.78 is 0. The van der Waals surface area contributed by atoms with Gasteiger partial charge in [0.15, 0.2) is 0 Å². The Hall–Kier alpha value is -1.45. The quantitative estimate of drug-likeness (QED) is 0.421. The number of ketones is 1. The van der Waals surface area contributed by atoms with Crippen LogP contribution < -0.4 is 5.73 Å². The lowest BCUT2D eigenvalue weighted by atomic mass is 10.2. The molecule has 0 radical (unpaired) electrons. The second-order valence-electron chi connectivity index (χ2n) is 1.53. The molecule has 0 fully saturated rings. The molecule has 0 atom stereocenters. The normalized spacial score (nSPS) is 18.0. The van der Waals surface area contributed by atoms with Crippen molar-refractivity contribution in [2.75, 3.05) is 0 Å². The number of amides is 1. The zero-order valence-electron chi connectivity index (χ0n) is 4.50. The molecule has 1 aliphatic rings. The zero-order valence-corrected chi connectivity index (χ0v) is 4.50. The van der Waals surface area contributed by atoms with Crippen molar-refractivity contribution in [2.45, 2.75) is 0 Å². The molecule has 0 unspecified atom stereocenters. The topological polar surface area (TPSA) is 72.5 Å². The lowest BCUT2D eigenvalue weighted by molar-refractivity contribution is -0.133. The molecule has 0 aromatic carbocycles. The number of rotatable bonds is 0. The number of Topliss-reactive ketones (excluding diaryl/α,β-unsaturated/α-hetero) is 1. The predicted octanol–water partition coefficient (Wildman–Crippen LogP) is -0.991. The van der Waals surface area contributed by atoms with Gasteiger partial charge in [-0.05, 0) is 6.08 Å². The summed E-state index contributed by atoms with van der Waals surface area (Å²) in [5.74, 6) is -1.52. The Bertz CT molecular complexity index is 227. The second kappa shape index (κ2) is 1.81. The monoisotopic (exact) mass is 124 g/mol. The molecule has 1 rings (SSSR count). The molecule has 1 aliphatic heterocycles. The minimum Gasteiger partial charge on any atom is -0.395 e. The van der Waals surface area contributed by atoms with E-state index in [2.05, 4.69) is 4.99 Å². The van der Waals surface area contributed by atoms with Crippen molar-refractivity contribution in [3.05, 3.63) is 11.8 Å². The molecule has 46 valence electrons. The molecule has 2 N–H and O–H groups in total. The van der Waals surface area contributed by atoms with Crippen molar-refractivity contribution < 1.29 is 9.59 Å². The van der Waals surface area contributed by atoms with Crippen LogP contribution in [0.2, 0.25) is 0 Å². The fraction of sp³-hybridized carbons (Fsp3) is 0. The van der Waals surface area contributed by atoms with Gasteiger partial charge < -0.3 is 5.73 Å². The maximum Gasteiger partial charge on any atom is 0.319 e. The van der Waals surface area contributed by atoms with Crippen molar-refractivity contribution in [3.8, 4) is 0 Å². The van der Waals surface area contributed by atoms with Gasteiger partial charge in [0.25, 0.3) is 5.78 Å². The first-order valence-corrected chi connectivity index (χ1v) is 2.30. The third kappa shape index (κ3) is 0.861. The predicted molar refractivity (Wildman–Crippen MR) is 30.8 cm³/mol. The van der Waals surface area contributed by atoms with E-state index in [1.54, 1.807) is 0 Å². The Balaban J connectivity index is 3.00. The Morgan fingerprint density at radius 3 is 2.56 bits per heavy atom. The highest BCUT2D eigenvalue weighted by Crippen LogP contribution is 1.93. The molecule has 0 bridgehead atoms. The maximum absolute atomic E-state index is 10.5. The fourth-order valence-corrected chi connectivity index (χ4v) is 0.443. The molecule has 4 heteroatoms. The number of dihydropyridines is 1. The van der Waals surface area contributed by atoms with Gasteiger partial charge in [0.2, 0.25) is 0 Å². The summed E-state index contributed by atoms with van der Waals surface area (Å²) >= 11 is 0. The first-order valence-electron chi connectivity index (χ1n) is 2.30. The number of hydrogen-bond acceptors (Lipinski definition) is 3. The van der Waals surface area contributed by atoms with Crippen LogP contribution in [0.15, 0.2) is 16.8 Å². The van der Waals surface area contributed by atoms with Crippen molar-refractivity contribution in [2.24, 2.45) is 10.7 Å². The van der Waals surface area contributed by atoms with Gasteiger partial charge in [-0.15, -0.1) is 0 Å². The third-order valence-corrected chi connectivity index (χ3v) is 0.902. The zero-order chi connectivity index (χ0) is 6.85. The molecular weight excluding hydrogens is 120 g/mol. The summed E-state index contributed by atoms with van der Waals surface area (Å²) in [4.78, 5) is 24.0. The average Bonchev–Trinajstić information content (AvgIpc) is 1.83.